The Morgan fingerprint density at radius 1 is 0.121 bits per heavy atom. The molecule has 0 atom stereocenters. The number of fused-ring (bicyclic) bond motifs is 27. The third-order valence-electron chi connectivity index (χ3n) is 28.5. The largest absolute Gasteiger partial charge is 0.456 e. The summed E-state index contributed by atoms with van der Waals surface area (Å²) in [7, 11) is 0. The Morgan fingerprint density at radius 3 is 0.965 bits per heavy atom. The van der Waals surface area contributed by atoms with Gasteiger partial charge in [0.1, 0.15) is 55.8 Å². The van der Waals surface area contributed by atoms with Crippen molar-refractivity contribution < 1.29 is 22.1 Å². The molecule has 0 spiro atoms. The molecule has 0 fully saturated rings. The van der Waals surface area contributed by atoms with Gasteiger partial charge in [-0.05, 0) is 227 Å². The van der Waals surface area contributed by atoms with Crippen LogP contribution in [0.25, 0.3) is 302 Å². The summed E-state index contributed by atoms with van der Waals surface area (Å²) in [6.45, 7) is 0. The molecule has 658 valence electrons. The van der Waals surface area contributed by atoms with Gasteiger partial charge in [-0.15, -0.1) is 45.3 Å². The first-order chi connectivity index (χ1) is 69.9. The first-order valence-corrected chi connectivity index (χ1v) is 50.9. The zero-order valence-corrected chi connectivity index (χ0v) is 78.8. The van der Waals surface area contributed by atoms with Gasteiger partial charge in [-0.1, -0.05) is 340 Å². The lowest BCUT2D eigenvalue weighted by Crippen LogP contribution is -1.88. The number of hydrogen-bond donors (Lipinski definition) is 0. The van der Waals surface area contributed by atoms with Crippen LogP contribution < -0.4 is 0 Å². The Labute approximate surface area is 823 Å². The summed E-state index contributed by atoms with van der Waals surface area (Å²) < 4.78 is 41.9. The van der Waals surface area contributed by atoms with Crippen LogP contribution in [-0.2, 0) is 0 Å². The molecule has 31 aromatic rings. The van der Waals surface area contributed by atoms with E-state index < -0.39 is 0 Å². The minimum absolute atomic E-state index is 0.889. The van der Waals surface area contributed by atoms with Crippen LogP contribution >= 0.6 is 45.3 Å². The number of benzene rings is 22. The monoisotopic (exact) mass is 1870 g/mol. The van der Waals surface area contributed by atoms with Crippen molar-refractivity contribution in [1.29, 1.82) is 0 Å². The van der Waals surface area contributed by atoms with Crippen LogP contribution in [0.4, 0.5) is 0 Å². The van der Waals surface area contributed by atoms with Gasteiger partial charge in [0.05, 0.1) is 0 Å². The molecule has 0 unspecified atom stereocenters. The number of thiophene rings is 4. The molecule has 5 nitrogen and oxygen atoms in total. The van der Waals surface area contributed by atoms with Crippen molar-refractivity contribution in [1.82, 2.24) is 0 Å². The van der Waals surface area contributed by atoms with E-state index in [1.54, 1.807) is 0 Å². The Morgan fingerprint density at radius 2 is 0.411 bits per heavy atom. The van der Waals surface area contributed by atoms with Crippen molar-refractivity contribution in [2.45, 2.75) is 0 Å². The van der Waals surface area contributed by atoms with E-state index in [0.29, 0.717) is 0 Å². The summed E-state index contributed by atoms with van der Waals surface area (Å²) in [4.78, 5) is 0. The van der Waals surface area contributed by atoms with Gasteiger partial charge in [0, 0.05) is 140 Å². The molecule has 0 saturated carbocycles. The van der Waals surface area contributed by atoms with Crippen LogP contribution in [0, 0.1) is 0 Å². The molecule has 0 saturated heterocycles. The maximum absolute atomic E-state index is 6.60. The first kappa shape index (κ1) is 80.9. The van der Waals surface area contributed by atoms with Crippen molar-refractivity contribution in [2.75, 3.05) is 0 Å². The molecular weight excluding hydrogens is 1790 g/mol. The molecule has 0 bridgehead atoms. The number of hydrogen-bond acceptors (Lipinski definition) is 9. The summed E-state index contributed by atoms with van der Waals surface area (Å²) in [5, 5.41) is 22.0. The van der Waals surface area contributed by atoms with Crippen LogP contribution in [0.1, 0.15) is 0 Å². The van der Waals surface area contributed by atoms with Gasteiger partial charge >= 0.3 is 0 Å². The van der Waals surface area contributed by atoms with Crippen LogP contribution in [0.5, 0.6) is 0 Å². The zero-order valence-electron chi connectivity index (χ0n) is 75.6. The normalized spacial score (nSPS) is 12.0. The lowest BCUT2D eigenvalue weighted by Gasteiger charge is -2.14. The molecule has 141 heavy (non-hydrogen) atoms. The Bertz CT molecular complexity index is 10500. The Balaban J connectivity index is 0.000000102. The minimum Gasteiger partial charge on any atom is -0.456 e. The highest BCUT2D eigenvalue weighted by Crippen LogP contribution is 2.53. The van der Waals surface area contributed by atoms with E-state index in [0.717, 1.165) is 115 Å². The topological polar surface area (TPSA) is 65.7 Å². The average Bonchev–Trinajstić information content (AvgIpc) is 1.59. The van der Waals surface area contributed by atoms with Crippen molar-refractivity contribution in [3.05, 3.63) is 461 Å². The van der Waals surface area contributed by atoms with E-state index >= 15 is 0 Å². The fraction of sp³-hybridized carbons (Fsp3) is 0. The highest BCUT2D eigenvalue weighted by molar-refractivity contribution is 7.27. The van der Waals surface area contributed by atoms with E-state index in [1.807, 2.05) is 81.7 Å². The summed E-state index contributed by atoms with van der Waals surface area (Å²) in [5.41, 5.74) is 33.2. The molecule has 0 aliphatic heterocycles. The van der Waals surface area contributed by atoms with E-state index in [2.05, 4.69) is 425 Å². The third-order valence-corrected chi connectivity index (χ3v) is 33.2. The number of furan rings is 5. The summed E-state index contributed by atoms with van der Waals surface area (Å²) in [6.07, 6.45) is 0. The van der Waals surface area contributed by atoms with Gasteiger partial charge in [-0.25, -0.2) is 0 Å². The van der Waals surface area contributed by atoms with E-state index in [1.165, 1.54) is 186 Å². The number of rotatable bonds is 10. The summed E-state index contributed by atoms with van der Waals surface area (Å²) in [5.74, 6) is 0. The Kier molecular flexibility index (Phi) is 18.8. The van der Waals surface area contributed by atoms with Gasteiger partial charge in [0.15, 0.2) is 0 Å². The SMILES string of the molecule is c1cc(-c2ccc3oc4ccccc4c3c2)cc(-c2cccc3sc4cccc(-c5ccc(-c6ccc7oc8ccccc8c7c6)cc5)c4c23)c1.c1ccc(-c2c(-c3cccc4oc5cccc(-c6ccc7c(c6)sc6ccccc67)c5c34)ccc3c2sc2ccccc23)cc1.c1ccc2c(c1)oc1ccc(-c3cccc4oc5cccc(-c6ccc(-c7cccc8c7sc7ccccc78)cc6)c5c34)cc12. The smallest absolute Gasteiger partial charge is 0.136 e. The second-order valence-corrected chi connectivity index (χ2v) is 40.7. The molecule has 9 aromatic heterocycles. The Hall–Kier alpha value is -17.3. The van der Waals surface area contributed by atoms with Gasteiger partial charge in [-0.3, -0.25) is 0 Å². The van der Waals surface area contributed by atoms with Crippen molar-refractivity contribution >= 4 is 236 Å². The molecule has 0 N–H and O–H groups in total. The van der Waals surface area contributed by atoms with E-state index in [-0.39, 0.29) is 0 Å². The van der Waals surface area contributed by atoms with Crippen LogP contribution in [0.15, 0.2) is 483 Å². The molecule has 9 heteroatoms. The summed E-state index contributed by atoms with van der Waals surface area (Å²) >= 11 is 7.48. The van der Waals surface area contributed by atoms with Crippen molar-refractivity contribution in [3.8, 4) is 111 Å². The minimum atomic E-state index is 0.889. The highest BCUT2D eigenvalue weighted by atomic mass is 32.1. The third kappa shape index (κ3) is 13.4. The molecule has 22 aromatic carbocycles. The molecular formula is C132H76O5S4. The quantitative estimate of drug-likeness (QED) is 0.137. The van der Waals surface area contributed by atoms with E-state index in [4.69, 9.17) is 22.1 Å². The van der Waals surface area contributed by atoms with E-state index in [9.17, 15) is 0 Å². The molecule has 9 heterocycles. The van der Waals surface area contributed by atoms with Crippen molar-refractivity contribution in [3.63, 3.8) is 0 Å². The molecule has 0 amide bonds. The lowest BCUT2D eigenvalue weighted by molar-refractivity contribution is 0.668. The standard InChI is InChI=1S/C48H28O2S.C42H24O2S.C42H24OS2/c1-3-14-41-37(10-1)39-27-32(22-24-43(39)49-41)29-18-20-30(21-19-29)35-12-6-16-45-47(35)48-36(13-7-17-46(48)51-45)34-9-5-8-31(26-34)33-23-25-44-40(28-33)38-11-2-4-15-42(38)50-44;1-3-14-35-31(8-1)34-24-27(22-23-36(34)43-35)29-11-7-16-38-41(29)40-28(10-6-15-37(40)44-38)25-18-20-26(21-19-25)30-12-5-13-33-32-9-2-4-17-39(32)45-42(30)33;1-2-10-25(11-3-1)39-32(22-23-33-29-13-5-7-19-37(29)45-42(33)39)31-15-9-17-35-41(31)40-27(14-8-16-34(40)43-35)26-20-21-30-28-12-4-6-18-36(28)44-38(30)24-26/h1-28H;2*1-24H. The maximum Gasteiger partial charge on any atom is 0.136 e. The molecule has 31 rings (SSSR count). The van der Waals surface area contributed by atoms with Crippen molar-refractivity contribution in [2.24, 2.45) is 0 Å². The molecule has 0 radical (unpaired) electrons. The molecule has 0 aliphatic carbocycles. The van der Waals surface area contributed by atoms with Crippen LogP contribution in [-0.4, -0.2) is 0 Å². The van der Waals surface area contributed by atoms with Crippen LogP contribution in [0.3, 0.4) is 0 Å². The molecule has 0 aliphatic rings. The second-order valence-electron chi connectivity index (χ2n) is 36.5. The first-order valence-electron chi connectivity index (χ1n) is 47.6. The fourth-order valence-electron chi connectivity index (χ4n) is 22.0. The van der Waals surface area contributed by atoms with Gasteiger partial charge in [0.2, 0.25) is 0 Å². The second kappa shape index (κ2) is 32.7. The average molecular weight is 1870 g/mol. The zero-order chi connectivity index (χ0) is 92.4. The fourth-order valence-corrected chi connectivity index (χ4v) is 26.9. The summed E-state index contributed by atoms with van der Waals surface area (Å²) in [6, 6.07) is 166. The predicted octanol–water partition coefficient (Wildman–Crippen LogP) is 40.7. The predicted molar refractivity (Wildman–Crippen MR) is 602 cm³/mol. The van der Waals surface area contributed by atoms with Crippen LogP contribution in [0.2, 0.25) is 0 Å². The lowest BCUT2D eigenvalue weighted by atomic mass is 9.89. The highest BCUT2D eigenvalue weighted by Gasteiger charge is 2.26. The number of para-hydroxylation sites is 3. The van der Waals surface area contributed by atoms with Gasteiger partial charge < -0.3 is 22.1 Å². The maximum atomic E-state index is 6.60. The van der Waals surface area contributed by atoms with Gasteiger partial charge in [0.25, 0.3) is 0 Å². The van der Waals surface area contributed by atoms with Gasteiger partial charge in [-0.2, -0.15) is 0 Å².